The molecule has 8 atom stereocenters. The van der Waals surface area contributed by atoms with Crippen molar-refractivity contribution in [2.45, 2.75) is 255 Å². The van der Waals surface area contributed by atoms with Gasteiger partial charge in [0.1, 0.15) is 30.5 Å². The summed E-state index contributed by atoms with van der Waals surface area (Å²) in [6.45, 7) is 3.58. The number of hydrogen-bond acceptors (Lipinski definition) is 9. The molecule has 0 aromatic rings. The van der Waals surface area contributed by atoms with Gasteiger partial charge in [-0.1, -0.05) is 191 Å². The molecule has 1 aliphatic heterocycles. The van der Waals surface area contributed by atoms with Crippen molar-refractivity contribution in [2.24, 2.45) is 0 Å². The summed E-state index contributed by atoms with van der Waals surface area (Å²) in [4.78, 5) is 13.1. The van der Waals surface area contributed by atoms with Crippen LogP contribution in [0.4, 0.5) is 0 Å². The Kier molecular flexibility index (Phi) is 38.3. The molecule has 0 aliphatic carbocycles. The van der Waals surface area contributed by atoms with Gasteiger partial charge in [0.05, 0.1) is 25.4 Å². The summed E-state index contributed by atoms with van der Waals surface area (Å²) in [7, 11) is 0. The summed E-state index contributed by atoms with van der Waals surface area (Å²) in [5.74, 6) is -0.635. The molecular formula is C51H93NO9. The van der Waals surface area contributed by atoms with E-state index in [-0.39, 0.29) is 6.61 Å². The minimum Gasteiger partial charge on any atom is -0.394 e. The molecular weight excluding hydrogens is 771 g/mol. The first kappa shape index (κ1) is 57.1. The highest BCUT2D eigenvalue weighted by molar-refractivity contribution is 5.80. The van der Waals surface area contributed by atoms with Crippen molar-refractivity contribution in [3.8, 4) is 0 Å². The monoisotopic (exact) mass is 864 g/mol. The molecule has 61 heavy (non-hydrogen) atoms. The van der Waals surface area contributed by atoms with Crippen LogP contribution < -0.4 is 5.32 Å². The van der Waals surface area contributed by atoms with E-state index in [2.05, 4.69) is 55.6 Å². The predicted octanol–water partition coefficient (Wildman–Crippen LogP) is 9.98. The molecule has 356 valence electrons. The number of carbonyl (C=O) groups is 1. The van der Waals surface area contributed by atoms with Crippen LogP contribution >= 0.6 is 0 Å². The lowest BCUT2D eigenvalue weighted by Gasteiger charge is -2.40. The highest BCUT2D eigenvalue weighted by Crippen LogP contribution is 2.23. The fourth-order valence-corrected chi connectivity index (χ4v) is 7.62. The van der Waals surface area contributed by atoms with Crippen LogP contribution in [0, 0.1) is 0 Å². The van der Waals surface area contributed by atoms with Crippen LogP contribution in [0.5, 0.6) is 0 Å². The molecule has 0 aromatic heterocycles. The average molecular weight is 864 g/mol. The van der Waals surface area contributed by atoms with E-state index in [0.717, 1.165) is 57.8 Å². The summed E-state index contributed by atoms with van der Waals surface area (Å²) in [5.41, 5.74) is 0. The van der Waals surface area contributed by atoms with Crippen LogP contribution in [0.2, 0.25) is 0 Å². The zero-order chi connectivity index (χ0) is 44.6. The number of amides is 1. The molecule has 7 N–H and O–H groups in total. The maximum absolute atomic E-state index is 13.1. The molecule has 0 saturated carbocycles. The first-order valence-corrected chi connectivity index (χ1v) is 25.0. The van der Waals surface area contributed by atoms with Gasteiger partial charge in [0.15, 0.2) is 6.29 Å². The number of carbonyl (C=O) groups excluding carboxylic acids is 1. The van der Waals surface area contributed by atoms with E-state index in [0.29, 0.717) is 19.3 Å². The molecule has 10 nitrogen and oxygen atoms in total. The molecule has 0 bridgehead atoms. The summed E-state index contributed by atoms with van der Waals surface area (Å²) in [6.07, 6.45) is 42.0. The van der Waals surface area contributed by atoms with Crippen molar-refractivity contribution in [3.63, 3.8) is 0 Å². The number of aliphatic hydroxyl groups is 6. The van der Waals surface area contributed by atoms with Crippen molar-refractivity contribution >= 4 is 5.91 Å². The smallest absolute Gasteiger partial charge is 0.249 e. The maximum atomic E-state index is 13.1. The zero-order valence-electron chi connectivity index (χ0n) is 38.8. The zero-order valence-corrected chi connectivity index (χ0v) is 38.8. The molecule has 0 spiro atoms. The second-order valence-electron chi connectivity index (χ2n) is 17.4. The van der Waals surface area contributed by atoms with Gasteiger partial charge in [0.2, 0.25) is 5.91 Å². The Bertz CT molecular complexity index is 1110. The number of aliphatic hydroxyl groups excluding tert-OH is 6. The minimum absolute atomic E-state index is 0.290. The normalized spacial score (nSPS) is 21.3. The van der Waals surface area contributed by atoms with Crippen LogP contribution in [0.1, 0.15) is 206 Å². The molecule has 1 rings (SSSR count). The van der Waals surface area contributed by atoms with E-state index in [4.69, 9.17) is 9.47 Å². The van der Waals surface area contributed by atoms with Gasteiger partial charge in [0, 0.05) is 0 Å². The molecule has 1 heterocycles. The fourth-order valence-electron chi connectivity index (χ4n) is 7.62. The van der Waals surface area contributed by atoms with E-state index < -0.39 is 61.5 Å². The molecule has 8 unspecified atom stereocenters. The fraction of sp³-hybridized carbons (Fsp3) is 0.824. The Morgan fingerprint density at radius 3 is 1.52 bits per heavy atom. The van der Waals surface area contributed by atoms with E-state index in [9.17, 15) is 35.4 Å². The number of hydrogen-bond donors (Lipinski definition) is 7. The van der Waals surface area contributed by atoms with Crippen molar-refractivity contribution in [1.29, 1.82) is 0 Å². The Morgan fingerprint density at radius 2 is 1.02 bits per heavy atom. The van der Waals surface area contributed by atoms with E-state index in [1.165, 1.54) is 116 Å². The Hall–Kier alpha value is -1.89. The Morgan fingerprint density at radius 1 is 0.574 bits per heavy atom. The third-order valence-electron chi connectivity index (χ3n) is 11.7. The topological polar surface area (TPSA) is 169 Å². The first-order valence-electron chi connectivity index (χ1n) is 25.0. The second-order valence-corrected chi connectivity index (χ2v) is 17.4. The van der Waals surface area contributed by atoms with Gasteiger partial charge in [-0.3, -0.25) is 4.79 Å². The van der Waals surface area contributed by atoms with Crippen LogP contribution in [0.15, 0.2) is 48.6 Å². The van der Waals surface area contributed by atoms with Gasteiger partial charge < -0.3 is 45.4 Å². The second kappa shape index (κ2) is 40.9. The Balaban J connectivity index is 2.37. The molecule has 1 amide bonds. The van der Waals surface area contributed by atoms with Crippen molar-refractivity contribution < 1.29 is 44.9 Å². The van der Waals surface area contributed by atoms with Crippen LogP contribution in [0.3, 0.4) is 0 Å². The first-order chi connectivity index (χ1) is 29.8. The summed E-state index contributed by atoms with van der Waals surface area (Å²) in [5, 5.41) is 64.7. The van der Waals surface area contributed by atoms with Crippen molar-refractivity contribution in [1.82, 2.24) is 5.32 Å². The van der Waals surface area contributed by atoms with Gasteiger partial charge in [-0.05, 0) is 64.2 Å². The summed E-state index contributed by atoms with van der Waals surface area (Å²) < 4.78 is 11.1. The molecule has 0 radical (unpaired) electrons. The Labute approximate surface area is 372 Å². The number of allylic oxidation sites excluding steroid dienone is 7. The van der Waals surface area contributed by atoms with Gasteiger partial charge in [0.25, 0.3) is 0 Å². The van der Waals surface area contributed by atoms with Crippen LogP contribution in [-0.4, -0.2) is 98.7 Å². The van der Waals surface area contributed by atoms with E-state index in [1.54, 1.807) is 6.08 Å². The molecule has 1 saturated heterocycles. The lowest BCUT2D eigenvalue weighted by molar-refractivity contribution is -0.302. The summed E-state index contributed by atoms with van der Waals surface area (Å²) >= 11 is 0. The number of nitrogens with one attached hydrogen (secondary N) is 1. The number of rotatable bonds is 41. The van der Waals surface area contributed by atoms with Crippen molar-refractivity contribution in [2.75, 3.05) is 13.2 Å². The highest BCUT2D eigenvalue weighted by atomic mass is 16.7. The third kappa shape index (κ3) is 30.8. The number of unbranched alkanes of at least 4 members (excludes halogenated alkanes) is 24. The van der Waals surface area contributed by atoms with Gasteiger partial charge >= 0.3 is 0 Å². The van der Waals surface area contributed by atoms with E-state index in [1.807, 2.05) is 6.08 Å². The maximum Gasteiger partial charge on any atom is 0.249 e. The van der Waals surface area contributed by atoms with Gasteiger partial charge in [-0.2, -0.15) is 0 Å². The van der Waals surface area contributed by atoms with Gasteiger partial charge in [-0.15, -0.1) is 0 Å². The molecule has 10 heteroatoms. The quantitative estimate of drug-likeness (QED) is 0.0234. The van der Waals surface area contributed by atoms with Crippen LogP contribution in [-0.2, 0) is 14.3 Å². The molecule has 1 aliphatic rings. The largest absolute Gasteiger partial charge is 0.394 e. The third-order valence-corrected chi connectivity index (χ3v) is 11.7. The van der Waals surface area contributed by atoms with Crippen molar-refractivity contribution in [3.05, 3.63) is 48.6 Å². The number of ether oxygens (including phenoxy) is 2. The lowest BCUT2D eigenvalue weighted by Crippen LogP contribution is -2.60. The van der Waals surface area contributed by atoms with Crippen LogP contribution in [0.25, 0.3) is 0 Å². The standard InChI is InChI=1S/C51H93NO9/c1-3-5-7-9-11-13-15-17-19-20-21-22-23-24-25-26-28-30-32-34-36-38-40-45(55)50(59)52-43(42-60-51-49(58)48(57)47(56)46(41-53)61-51)44(54)39-37-35-33-31-29-27-18-16-14-12-10-8-6-4-2/h21-22,24-25,29,31,37,39,43-49,51,53-58H,3-20,23,26-28,30,32-36,38,40-42H2,1-2H3,(H,52,59)/b22-21-,25-24-,31-29+,39-37+. The SMILES string of the molecule is CCCCCCCCCC/C=C/CC/C=C/C(O)C(COC1OC(CO)C(O)C(O)C1O)NC(=O)C(O)CCCCCCCC/C=C\C/C=C\CCCCCCCCCCC. The lowest BCUT2D eigenvalue weighted by atomic mass is 9.99. The predicted molar refractivity (Wildman–Crippen MR) is 250 cm³/mol. The average Bonchev–Trinajstić information content (AvgIpc) is 3.26. The molecule has 0 aromatic carbocycles. The summed E-state index contributed by atoms with van der Waals surface area (Å²) in [6, 6.07) is -1.00. The molecule has 1 fully saturated rings. The van der Waals surface area contributed by atoms with Gasteiger partial charge in [-0.25, -0.2) is 0 Å². The highest BCUT2D eigenvalue weighted by Gasteiger charge is 2.44. The minimum atomic E-state index is -1.62. The van der Waals surface area contributed by atoms with E-state index >= 15 is 0 Å².